The van der Waals surface area contributed by atoms with Gasteiger partial charge in [-0.3, -0.25) is 4.79 Å². The highest BCUT2D eigenvalue weighted by atomic mass is 16.3. The van der Waals surface area contributed by atoms with E-state index in [2.05, 4.69) is 116 Å². The van der Waals surface area contributed by atoms with E-state index in [9.17, 15) is 15.0 Å². The largest absolute Gasteiger partial charge is 0.394 e. The fourth-order valence-electron chi connectivity index (χ4n) is 8.50. The molecule has 386 valence electrons. The van der Waals surface area contributed by atoms with Crippen LogP contribution in [0.4, 0.5) is 0 Å². The van der Waals surface area contributed by atoms with Crippen molar-refractivity contribution in [2.75, 3.05) is 6.61 Å². The Morgan fingerprint density at radius 1 is 0.373 bits per heavy atom. The number of allylic oxidation sites excluding steroid dienone is 16. The van der Waals surface area contributed by atoms with Gasteiger partial charge in [0.05, 0.1) is 18.8 Å². The van der Waals surface area contributed by atoms with Gasteiger partial charge in [0.25, 0.3) is 0 Å². The molecule has 67 heavy (non-hydrogen) atoms. The number of rotatable bonds is 52. The molecule has 0 aliphatic rings. The number of hydrogen-bond donors (Lipinski definition) is 3. The third-order valence-electron chi connectivity index (χ3n) is 12.9. The molecule has 0 aromatic rings. The van der Waals surface area contributed by atoms with E-state index in [1.165, 1.54) is 154 Å². The zero-order valence-electron chi connectivity index (χ0n) is 44.4. The number of carbonyl (C=O) groups is 1. The Morgan fingerprint density at radius 2 is 0.657 bits per heavy atom. The number of aliphatic hydroxyl groups excluding tert-OH is 2. The first-order valence-corrected chi connectivity index (χ1v) is 28.9. The van der Waals surface area contributed by atoms with Crippen molar-refractivity contribution in [3.05, 3.63) is 97.2 Å². The minimum Gasteiger partial charge on any atom is -0.394 e. The predicted octanol–water partition coefficient (Wildman–Crippen LogP) is 19.3. The van der Waals surface area contributed by atoms with Crippen LogP contribution in [0.3, 0.4) is 0 Å². The molecule has 0 rings (SSSR count). The number of aliphatic hydroxyl groups is 2. The summed E-state index contributed by atoms with van der Waals surface area (Å²) < 4.78 is 0. The van der Waals surface area contributed by atoms with Crippen molar-refractivity contribution in [3.8, 4) is 0 Å². The standard InChI is InChI=1S/C63H111NO3/c1-3-5-7-9-11-13-15-17-19-21-23-25-27-29-31-32-33-35-37-39-41-43-45-47-49-51-53-55-57-59-63(67)64-61(60-65)62(66)58-56-54-52-50-48-46-44-42-40-38-36-34-30-28-26-24-22-20-18-16-14-12-10-8-6-4-2/h5,7,11,13,17,19,23,25,29,31,33,35,39,41,45,47,61-62,65-66H,3-4,6,8-10,12,14-16,18,20-22,24,26-28,30,32,34,36-38,40,42-44,46,48-60H2,1-2H3,(H,64,67)/b7-5-,13-11-,19-17-,25-23-,31-29-,35-33-,41-39-,47-45-. The summed E-state index contributed by atoms with van der Waals surface area (Å²) in [4.78, 5) is 12.5. The lowest BCUT2D eigenvalue weighted by molar-refractivity contribution is -0.123. The number of nitrogens with one attached hydrogen (secondary N) is 1. The predicted molar refractivity (Wildman–Crippen MR) is 299 cm³/mol. The van der Waals surface area contributed by atoms with E-state index in [1.54, 1.807) is 0 Å². The van der Waals surface area contributed by atoms with Crippen molar-refractivity contribution >= 4 is 5.91 Å². The molecule has 0 aromatic heterocycles. The van der Waals surface area contributed by atoms with E-state index in [0.29, 0.717) is 12.8 Å². The molecule has 4 heteroatoms. The van der Waals surface area contributed by atoms with Gasteiger partial charge in [-0.25, -0.2) is 0 Å². The molecule has 0 aliphatic carbocycles. The summed E-state index contributed by atoms with van der Waals surface area (Å²) in [6.45, 7) is 4.25. The number of unbranched alkanes of at least 4 members (excludes halogenated alkanes) is 29. The minimum absolute atomic E-state index is 0.0566. The molecule has 4 nitrogen and oxygen atoms in total. The minimum atomic E-state index is -0.679. The Kier molecular flexibility index (Phi) is 55.3. The molecule has 0 saturated carbocycles. The smallest absolute Gasteiger partial charge is 0.220 e. The van der Waals surface area contributed by atoms with Crippen LogP contribution in [0.25, 0.3) is 0 Å². The molecule has 0 aliphatic heterocycles. The molecule has 2 unspecified atom stereocenters. The molecule has 0 radical (unpaired) electrons. The Balaban J connectivity index is 3.58. The summed E-state index contributed by atoms with van der Waals surface area (Å²) >= 11 is 0. The van der Waals surface area contributed by atoms with Gasteiger partial charge in [-0.15, -0.1) is 0 Å². The Labute approximate surface area is 417 Å². The first-order valence-electron chi connectivity index (χ1n) is 28.9. The molecule has 0 saturated heterocycles. The van der Waals surface area contributed by atoms with Crippen LogP contribution in [0.2, 0.25) is 0 Å². The topological polar surface area (TPSA) is 69.6 Å². The Hall–Kier alpha value is -2.69. The van der Waals surface area contributed by atoms with Crippen LogP contribution < -0.4 is 5.32 Å². The van der Waals surface area contributed by atoms with Crippen molar-refractivity contribution < 1.29 is 15.0 Å². The third-order valence-corrected chi connectivity index (χ3v) is 12.9. The number of hydrogen-bond acceptors (Lipinski definition) is 3. The summed E-state index contributed by atoms with van der Waals surface area (Å²) in [5.41, 5.74) is 0. The molecular formula is C63H111NO3. The Morgan fingerprint density at radius 3 is 0.985 bits per heavy atom. The van der Waals surface area contributed by atoms with E-state index < -0.39 is 12.1 Å². The second kappa shape index (κ2) is 57.6. The van der Waals surface area contributed by atoms with Gasteiger partial charge in [0.1, 0.15) is 0 Å². The van der Waals surface area contributed by atoms with Crippen LogP contribution in [0.5, 0.6) is 0 Å². The maximum absolute atomic E-state index is 12.5. The van der Waals surface area contributed by atoms with Crippen molar-refractivity contribution in [1.29, 1.82) is 0 Å². The summed E-state index contributed by atoms with van der Waals surface area (Å²) in [7, 11) is 0. The van der Waals surface area contributed by atoms with Gasteiger partial charge in [0.2, 0.25) is 5.91 Å². The zero-order chi connectivity index (χ0) is 48.5. The van der Waals surface area contributed by atoms with E-state index in [4.69, 9.17) is 0 Å². The summed E-state index contributed by atoms with van der Waals surface area (Å²) in [5.74, 6) is -0.0566. The van der Waals surface area contributed by atoms with Crippen LogP contribution in [-0.2, 0) is 4.79 Å². The molecule has 0 bridgehead atoms. The van der Waals surface area contributed by atoms with Crippen LogP contribution in [0, 0.1) is 0 Å². The summed E-state index contributed by atoms with van der Waals surface area (Å²) in [6, 6.07) is -0.559. The average molecular weight is 931 g/mol. The summed E-state index contributed by atoms with van der Waals surface area (Å²) in [5, 5.41) is 23.3. The molecule has 2 atom stereocenters. The summed E-state index contributed by atoms with van der Waals surface area (Å²) in [6.07, 6.45) is 85.4. The van der Waals surface area contributed by atoms with Crippen molar-refractivity contribution in [1.82, 2.24) is 5.32 Å². The van der Waals surface area contributed by atoms with E-state index >= 15 is 0 Å². The van der Waals surface area contributed by atoms with Gasteiger partial charge in [-0.05, 0) is 77.0 Å². The van der Waals surface area contributed by atoms with Crippen LogP contribution in [0.1, 0.15) is 277 Å². The van der Waals surface area contributed by atoms with Crippen LogP contribution >= 0.6 is 0 Å². The quantitative estimate of drug-likeness (QED) is 0.0420. The fourth-order valence-corrected chi connectivity index (χ4v) is 8.50. The van der Waals surface area contributed by atoms with Crippen LogP contribution in [0.15, 0.2) is 97.2 Å². The SMILES string of the molecule is CC/C=C\C/C=C\C/C=C\C/C=C\C/C=C\C/C=C\C/C=C\C/C=C\CCCCCCC(=O)NC(CO)C(O)CCCCCCCCCCCCCCCCCCCCCCCCCCCC. The van der Waals surface area contributed by atoms with E-state index in [1.807, 2.05) is 0 Å². The highest BCUT2D eigenvalue weighted by Crippen LogP contribution is 2.17. The van der Waals surface area contributed by atoms with Crippen molar-refractivity contribution in [2.45, 2.75) is 289 Å². The lowest BCUT2D eigenvalue weighted by Gasteiger charge is -2.22. The fraction of sp³-hybridized carbons (Fsp3) is 0.730. The maximum Gasteiger partial charge on any atom is 0.220 e. The van der Waals surface area contributed by atoms with Gasteiger partial charge in [0, 0.05) is 6.42 Å². The highest BCUT2D eigenvalue weighted by molar-refractivity contribution is 5.76. The van der Waals surface area contributed by atoms with Crippen molar-refractivity contribution in [2.24, 2.45) is 0 Å². The normalized spacial score (nSPS) is 13.6. The maximum atomic E-state index is 12.5. The lowest BCUT2D eigenvalue weighted by atomic mass is 10.0. The monoisotopic (exact) mass is 930 g/mol. The zero-order valence-corrected chi connectivity index (χ0v) is 44.4. The molecule has 1 amide bonds. The lowest BCUT2D eigenvalue weighted by Crippen LogP contribution is -2.45. The number of carbonyl (C=O) groups excluding carboxylic acids is 1. The van der Waals surface area contributed by atoms with Crippen LogP contribution in [-0.4, -0.2) is 34.9 Å². The van der Waals surface area contributed by atoms with Gasteiger partial charge >= 0.3 is 0 Å². The highest BCUT2D eigenvalue weighted by Gasteiger charge is 2.20. The molecule has 0 heterocycles. The Bertz CT molecular complexity index is 1240. The van der Waals surface area contributed by atoms with Gasteiger partial charge < -0.3 is 15.5 Å². The molecule has 0 fully saturated rings. The van der Waals surface area contributed by atoms with Gasteiger partial charge in [0.15, 0.2) is 0 Å². The number of amides is 1. The van der Waals surface area contributed by atoms with Gasteiger partial charge in [-0.2, -0.15) is 0 Å². The first-order chi connectivity index (χ1) is 33.2. The second-order valence-electron chi connectivity index (χ2n) is 19.3. The first kappa shape index (κ1) is 64.3. The van der Waals surface area contributed by atoms with Crippen molar-refractivity contribution in [3.63, 3.8) is 0 Å². The average Bonchev–Trinajstić information content (AvgIpc) is 3.33. The van der Waals surface area contributed by atoms with E-state index in [0.717, 1.165) is 96.3 Å². The van der Waals surface area contributed by atoms with E-state index in [-0.39, 0.29) is 12.5 Å². The molecule has 0 aromatic carbocycles. The molecular weight excluding hydrogens is 819 g/mol. The van der Waals surface area contributed by atoms with Gasteiger partial charge in [-0.1, -0.05) is 291 Å². The third kappa shape index (κ3) is 54.1. The molecule has 0 spiro atoms. The molecule has 3 N–H and O–H groups in total. The second-order valence-corrected chi connectivity index (χ2v) is 19.3.